The van der Waals surface area contributed by atoms with Crippen LogP contribution in [0.15, 0.2) is 45.3 Å². The molecule has 0 saturated carbocycles. The zero-order valence-corrected chi connectivity index (χ0v) is 19.8. The standard InChI is InChI=1S/C18H16Br2ClN3O4S/c1-10-6-11(19)2-4-14(10)27-8-16(25)22-18(29)24-23-17(26)9-28-15-5-3-12(20)7-13(15)21/h2-7H,8-9H2,1H3,(H,23,26)(H2,22,24,25,29). The fourth-order valence-corrected chi connectivity index (χ4v) is 3.38. The van der Waals surface area contributed by atoms with Gasteiger partial charge < -0.3 is 9.47 Å². The normalized spacial score (nSPS) is 10.1. The summed E-state index contributed by atoms with van der Waals surface area (Å²) in [6.45, 7) is 1.34. The minimum Gasteiger partial charge on any atom is -0.483 e. The SMILES string of the molecule is Cc1cc(Br)ccc1OCC(=O)NC(=S)NNC(=O)COc1ccc(Br)cc1Cl. The second-order valence-electron chi connectivity index (χ2n) is 5.61. The number of benzene rings is 2. The van der Waals surface area contributed by atoms with Gasteiger partial charge in [-0.1, -0.05) is 43.5 Å². The Hall–Kier alpha value is -1.88. The van der Waals surface area contributed by atoms with Gasteiger partial charge in [0.15, 0.2) is 18.3 Å². The molecule has 29 heavy (non-hydrogen) atoms. The molecule has 0 aliphatic carbocycles. The van der Waals surface area contributed by atoms with Crippen molar-refractivity contribution in [3.05, 3.63) is 55.9 Å². The molecule has 0 aliphatic heterocycles. The number of thiocarbonyl (C=S) groups is 1. The summed E-state index contributed by atoms with van der Waals surface area (Å²) >= 11 is 17.6. The highest BCUT2D eigenvalue weighted by atomic mass is 79.9. The first-order valence-electron chi connectivity index (χ1n) is 8.10. The Morgan fingerprint density at radius 2 is 1.55 bits per heavy atom. The molecule has 0 aromatic heterocycles. The van der Waals surface area contributed by atoms with Gasteiger partial charge in [-0.25, -0.2) is 0 Å². The Morgan fingerprint density at radius 1 is 0.966 bits per heavy atom. The van der Waals surface area contributed by atoms with Crippen LogP contribution in [0, 0.1) is 6.92 Å². The average Bonchev–Trinajstić information content (AvgIpc) is 2.65. The zero-order chi connectivity index (χ0) is 21.4. The first-order chi connectivity index (χ1) is 13.7. The molecule has 0 unspecified atom stereocenters. The van der Waals surface area contributed by atoms with Gasteiger partial charge in [0.25, 0.3) is 11.8 Å². The third kappa shape index (κ3) is 8.17. The molecular formula is C18H16Br2ClN3O4S. The number of halogens is 3. The van der Waals surface area contributed by atoms with Gasteiger partial charge in [0, 0.05) is 8.95 Å². The van der Waals surface area contributed by atoms with Crippen molar-refractivity contribution in [1.29, 1.82) is 0 Å². The highest BCUT2D eigenvalue weighted by Gasteiger charge is 2.10. The van der Waals surface area contributed by atoms with Crippen molar-refractivity contribution in [1.82, 2.24) is 16.2 Å². The largest absolute Gasteiger partial charge is 0.483 e. The van der Waals surface area contributed by atoms with Crippen LogP contribution in [-0.4, -0.2) is 30.1 Å². The van der Waals surface area contributed by atoms with Crippen molar-refractivity contribution in [3.8, 4) is 11.5 Å². The van der Waals surface area contributed by atoms with Crippen molar-refractivity contribution in [2.75, 3.05) is 13.2 Å². The summed E-state index contributed by atoms with van der Waals surface area (Å²) in [5.41, 5.74) is 5.60. The Balaban J connectivity index is 1.68. The molecule has 0 atom stereocenters. The van der Waals surface area contributed by atoms with E-state index in [9.17, 15) is 9.59 Å². The second-order valence-corrected chi connectivity index (χ2v) is 8.26. The van der Waals surface area contributed by atoms with E-state index in [2.05, 4.69) is 48.0 Å². The summed E-state index contributed by atoms with van der Waals surface area (Å²) in [5.74, 6) is -0.0418. The van der Waals surface area contributed by atoms with Gasteiger partial charge in [0.05, 0.1) is 5.02 Å². The quantitative estimate of drug-likeness (QED) is 0.366. The number of ether oxygens (including phenoxy) is 2. The van der Waals surface area contributed by atoms with Crippen molar-refractivity contribution >= 4 is 72.6 Å². The number of carbonyl (C=O) groups excluding carboxylic acids is 2. The van der Waals surface area contributed by atoms with Crippen molar-refractivity contribution in [2.45, 2.75) is 6.92 Å². The highest BCUT2D eigenvalue weighted by molar-refractivity contribution is 9.10. The Bertz CT molecular complexity index is 930. The van der Waals surface area contributed by atoms with E-state index in [-0.39, 0.29) is 18.3 Å². The van der Waals surface area contributed by atoms with Crippen LogP contribution in [0.3, 0.4) is 0 Å². The summed E-state index contributed by atoms with van der Waals surface area (Å²) in [4.78, 5) is 23.7. The van der Waals surface area contributed by atoms with E-state index in [1.807, 2.05) is 19.1 Å². The lowest BCUT2D eigenvalue weighted by Crippen LogP contribution is -2.50. The lowest BCUT2D eigenvalue weighted by molar-refractivity contribution is -0.124. The third-order valence-corrected chi connectivity index (χ3v) is 4.80. The number of nitrogens with one attached hydrogen (secondary N) is 3. The van der Waals surface area contributed by atoms with Gasteiger partial charge >= 0.3 is 0 Å². The van der Waals surface area contributed by atoms with E-state index in [4.69, 9.17) is 33.3 Å². The van der Waals surface area contributed by atoms with Gasteiger partial charge in [0.2, 0.25) is 0 Å². The minimum atomic E-state index is -0.512. The van der Waals surface area contributed by atoms with Crippen LogP contribution >= 0.6 is 55.7 Å². The molecule has 11 heteroatoms. The zero-order valence-electron chi connectivity index (χ0n) is 15.1. The maximum absolute atomic E-state index is 11.9. The van der Waals surface area contributed by atoms with Crippen molar-refractivity contribution < 1.29 is 19.1 Å². The topological polar surface area (TPSA) is 88.7 Å². The molecule has 7 nitrogen and oxygen atoms in total. The summed E-state index contributed by atoms with van der Waals surface area (Å²) in [7, 11) is 0. The number of carbonyl (C=O) groups is 2. The molecule has 0 radical (unpaired) electrons. The van der Waals surface area contributed by atoms with Crippen LogP contribution < -0.4 is 25.6 Å². The number of hydrazine groups is 1. The van der Waals surface area contributed by atoms with Crippen LogP contribution in [0.1, 0.15) is 5.56 Å². The molecule has 154 valence electrons. The van der Waals surface area contributed by atoms with Crippen LogP contribution in [0.5, 0.6) is 11.5 Å². The maximum atomic E-state index is 11.9. The molecule has 0 spiro atoms. The predicted octanol–water partition coefficient (Wildman–Crippen LogP) is 3.65. The molecule has 3 N–H and O–H groups in total. The number of amides is 2. The van der Waals surface area contributed by atoms with E-state index in [1.54, 1.807) is 24.3 Å². The van der Waals surface area contributed by atoms with E-state index in [0.29, 0.717) is 16.5 Å². The molecular weight excluding hydrogens is 550 g/mol. The van der Waals surface area contributed by atoms with Crippen LogP contribution in [0.4, 0.5) is 0 Å². The summed E-state index contributed by atoms with van der Waals surface area (Å²) in [6, 6.07) is 10.5. The smallest absolute Gasteiger partial charge is 0.276 e. The fourth-order valence-electron chi connectivity index (χ4n) is 2.01. The maximum Gasteiger partial charge on any atom is 0.276 e. The molecule has 2 rings (SSSR count). The minimum absolute atomic E-state index is 0.0823. The molecule has 0 fully saturated rings. The monoisotopic (exact) mass is 563 g/mol. The molecule has 0 heterocycles. The summed E-state index contributed by atoms with van der Waals surface area (Å²) in [6.07, 6.45) is 0. The summed E-state index contributed by atoms with van der Waals surface area (Å²) in [5, 5.41) is 2.67. The number of hydrogen-bond donors (Lipinski definition) is 3. The summed E-state index contributed by atoms with van der Waals surface area (Å²) < 4.78 is 12.5. The lowest BCUT2D eigenvalue weighted by Gasteiger charge is -2.13. The van der Waals surface area contributed by atoms with Gasteiger partial charge in [-0.05, 0) is 61.1 Å². The van der Waals surface area contributed by atoms with Crippen molar-refractivity contribution in [3.63, 3.8) is 0 Å². The molecule has 0 bridgehead atoms. The van der Waals surface area contributed by atoms with Gasteiger partial charge in [-0.3, -0.25) is 25.8 Å². The van der Waals surface area contributed by atoms with E-state index in [1.165, 1.54) is 0 Å². The first kappa shape index (κ1) is 23.4. The molecule has 2 aromatic rings. The molecule has 0 saturated heterocycles. The third-order valence-electron chi connectivity index (χ3n) is 3.32. The number of rotatable bonds is 6. The van der Waals surface area contributed by atoms with Crippen molar-refractivity contribution in [2.24, 2.45) is 0 Å². The van der Waals surface area contributed by atoms with Gasteiger partial charge in [0.1, 0.15) is 11.5 Å². The molecule has 0 aliphatic rings. The molecule has 2 amide bonds. The van der Waals surface area contributed by atoms with Crippen LogP contribution in [-0.2, 0) is 9.59 Å². The van der Waals surface area contributed by atoms with Crippen LogP contribution in [0.25, 0.3) is 0 Å². The van der Waals surface area contributed by atoms with Gasteiger partial charge in [-0.2, -0.15) is 0 Å². The Labute approximate surface area is 194 Å². The number of aryl methyl sites for hydroxylation is 1. The average molecular weight is 566 g/mol. The lowest BCUT2D eigenvalue weighted by atomic mass is 10.2. The second kappa shape index (κ2) is 11.3. The van der Waals surface area contributed by atoms with E-state index in [0.717, 1.165) is 14.5 Å². The Morgan fingerprint density at radius 3 is 2.21 bits per heavy atom. The fraction of sp³-hybridized carbons (Fsp3) is 0.167. The Kier molecular flexibility index (Phi) is 9.15. The van der Waals surface area contributed by atoms with Gasteiger partial charge in [-0.15, -0.1) is 0 Å². The van der Waals surface area contributed by atoms with E-state index >= 15 is 0 Å². The molecule has 2 aromatic carbocycles. The van der Waals surface area contributed by atoms with Crippen LogP contribution in [0.2, 0.25) is 5.02 Å². The highest BCUT2D eigenvalue weighted by Crippen LogP contribution is 2.27. The first-order valence-corrected chi connectivity index (χ1v) is 10.5. The predicted molar refractivity (Wildman–Crippen MR) is 121 cm³/mol. The van der Waals surface area contributed by atoms with E-state index < -0.39 is 11.8 Å². The number of hydrogen-bond acceptors (Lipinski definition) is 5.